The molecule has 0 bridgehead atoms. The third-order valence-electron chi connectivity index (χ3n) is 2.57. The number of carbonyl (C=O) groups excluding carboxylic acids is 1. The molecular weight excluding hydrogens is 343 g/mol. The van der Waals surface area contributed by atoms with Crippen molar-refractivity contribution in [2.75, 3.05) is 13.1 Å². The Balaban J connectivity index is 2.97. The maximum atomic E-state index is 12.3. The molecule has 4 nitrogen and oxygen atoms in total. The van der Waals surface area contributed by atoms with Gasteiger partial charge in [-0.1, -0.05) is 0 Å². The van der Waals surface area contributed by atoms with Gasteiger partial charge in [-0.15, -0.1) is 0 Å². The number of hydrogen-bond donors (Lipinski definition) is 1. The van der Waals surface area contributed by atoms with E-state index in [0.29, 0.717) is 13.1 Å². The lowest BCUT2D eigenvalue weighted by Crippen LogP contribution is -2.34. The van der Waals surface area contributed by atoms with Crippen molar-refractivity contribution in [2.45, 2.75) is 13.8 Å². The summed E-state index contributed by atoms with van der Waals surface area (Å²) in [5.74, 6) is -0.488. The Morgan fingerprint density at radius 1 is 1.61 bits per heavy atom. The molecule has 1 atom stereocenters. The molecule has 96 valence electrons. The average molecular weight is 358 g/mol. The van der Waals surface area contributed by atoms with Crippen molar-refractivity contribution >= 4 is 28.5 Å². The summed E-state index contributed by atoms with van der Waals surface area (Å²) in [5, 5.41) is 18.5. The van der Waals surface area contributed by atoms with Gasteiger partial charge in [-0.2, -0.15) is 5.26 Å². The molecule has 1 rings (SSSR count). The van der Waals surface area contributed by atoms with E-state index in [1.807, 2.05) is 6.92 Å². The van der Waals surface area contributed by atoms with Gasteiger partial charge in [0.15, 0.2) is 0 Å². The van der Waals surface area contributed by atoms with Gasteiger partial charge in [0.25, 0.3) is 5.91 Å². The lowest BCUT2D eigenvalue weighted by molar-refractivity contribution is 0.0749. The molecule has 0 spiro atoms. The fourth-order valence-corrected chi connectivity index (χ4v) is 2.07. The zero-order chi connectivity index (χ0) is 13.7. The van der Waals surface area contributed by atoms with Crippen LogP contribution in [0.4, 0.5) is 0 Å². The van der Waals surface area contributed by atoms with Gasteiger partial charge in [0.2, 0.25) is 0 Å². The largest absolute Gasteiger partial charge is 0.507 e. The van der Waals surface area contributed by atoms with Gasteiger partial charge >= 0.3 is 0 Å². The highest BCUT2D eigenvalue weighted by Gasteiger charge is 2.19. The molecule has 0 heterocycles. The quantitative estimate of drug-likeness (QED) is 0.842. The van der Waals surface area contributed by atoms with E-state index < -0.39 is 0 Å². The van der Waals surface area contributed by atoms with Crippen LogP contribution in [0.5, 0.6) is 5.75 Å². The van der Waals surface area contributed by atoms with Crippen LogP contribution in [0.1, 0.15) is 24.2 Å². The van der Waals surface area contributed by atoms with Crippen LogP contribution in [-0.4, -0.2) is 29.0 Å². The molecule has 1 amide bonds. The molecule has 1 unspecified atom stereocenters. The smallest absolute Gasteiger partial charge is 0.257 e. The molecular formula is C13H15IN2O2. The number of phenols is 1. The van der Waals surface area contributed by atoms with Crippen molar-refractivity contribution < 1.29 is 9.90 Å². The highest BCUT2D eigenvalue weighted by molar-refractivity contribution is 14.1. The van der Waals surface area contributed by atoms with Gasteiger partial charge in [-0.05, 0) is 54.6 Å². The number of amides is 1. The molecule has 1 aromatic carbocycles. The van der Waals surface area contributed by atoms with Crippen LogP contribution in [0.2, 0.25) is 0 Å². The van der Waals surface area contributed by atoms with Gasteiger partial charge in [-0.3, -0.25) is 4.79 Å². The number of hydrogen-bond acceptors (Lipinski definition) is 3. The standard InChI is InChI=1S/C13H15IN2O2/c1-3-16(8-9(2)7-15)13(18)11-6-10(14)4-5-12(11)17/h4-6,9,17H,3,8H2,1-2H3. The Morgan fingerprint density at radius 3 is 2.83 bits per heavy atom. The van der Waals surface area contributed by atoms with Gasteiger partial charge in [0.1, 0.15) is 5.75 Å². The van der Waals surface area contributed by atoms with Gasteiger partial charge in [0, 0.05) is 16.7 Å². The number of rotatable bonds is 4. The lowest BCUT2D eigenvalue weighted by atomic mass is 10.1. The number of carbonyl (C=O) groups is 1. The molecule has 0 saturated heterocycles. The van der Waals surface area contributed by atoms with Crippen LogP contribution in [0, 0.1) is 20.8 Å². The van der Waals surface area contributed by atoms with Crippen LogP contribution < -0.4 is 0 Å². The minimum atomic E-state index is -0.240. The van der Waals surface area contributed by atoms with Crippen LogP contribution in [-0.2, 0) is 0 Å². The molecule has 0 aliphatic rings. The second-order valence-corrected chi connectivity index (χ2v) is 5.28. The van der Waals surface area contributed by atoms with Crippen molar-refractivity contribution in [3.05, 3.63) is 27.3 Å². The summed E-state index contributed by atoms with van der Waals surface area (Å²) >= 11 is 2.09. The maximum Gasteiger partial charge on any atom is 0.257 e. The minimum absolute atomic E-state index is 0.0246. The van der Waals surface area contributed by atoms with E-state index in [-0.39, 0.29) is 23.1 Å². The molecule has 1 N–H and O–H groups in total. The van der Waals surface area contributed by atoms with Gasteiger partial charge in [-0.25, -0.2) is 0 Å². The van der Waals surface area contributed by atoms with E-state index in [9.17, 15) is 9.90 Å². The topological polar surface area (TPSA) is 64.3 Å². The third-order valence-corrected chi connectivity index (χ3v) is 3.24. The zero-order valence-corrected chi connectivity index (χ0v) is 12.5. The summed E-state index contributed by atoms with van der Waals surface area (Å²) in [6, 6.07) is 7.00. The lowest BCUT2D eigenvalue weighted by Gasteiger charge is -2.22. The third kappa shape index (κ3) is 3.60. The SMILES string of the molecule is CCN(CC(C)C#N)C(=O)c1cc(I)ccc1O. The second kappa shape index (κ2) is 6.59. The summed E-state index contributed by atoms with van der Waals surface area (Å²) in [5.41, 5.74) is 0.286. The first-order chi connectivity index (χ1) is 8.49. The average Bonchev–Trinajstić information content (AvgIpc) is 2.37. The first-order valence-corrected chi connectivity index (χ1v) is 6.74. The number of phenolic OH excluding ortho intramolecular Hbond substituents is 1. The minimum Gasteiger partial charge on any atom is -0.507 e. The molecule has 5 heteroatoms. The van der Waals surface area contributed by atoms with E-state index in [4.69, 9.17) is 5.26 Å². The fourth-order valence-electron chi connectivity index (χ4n) is 1.58. The van der Waals surface area contributed by atoms with Crippen LogP contribution in [0.3, 0.4) is 0 Å². The molecule has 0 fully saturated rings. The summed E-state index contributed by atoms with van der Waals surface area (Å²) in [6.07, 6.45) is 0. The predicted octanol–water partition coefficient (Wildman–Crippen LogP) is 2.62. The highest BCUT2D eigenvalue weighted by Crippen LogP contribution is 2.21. The fraction of sp³-hybridized carbons (Fsp3) is 0.385. The van der Waals surface area contributed by atoms with E-state index in [1.54, 1.807) is 24.0 Å². The Bertz CT molecular complexity index is 482. The summed E-state index contributed by atoms with van der Waals surface area (Å²) in [7, 11) is 0. The zero-order valence-electron chi connectivity index (χ0n) is 10.4. The molecule has 18 heavy (non-hydrogen) atoms. The van der Waals surface area contributed by atoms with Crippen LogP contribution in [0.15, 0.2) is 18.2 Å². The number of nitrogens with zero attached hydrogens (tertiary/aromatic N) is 2. The van der Waals surface area contributed by atoms with Crippen molar-refractivity contribution in [1.29, 1.82) is 5.26 Å². The molecule has 0 aliphatic heterocycles. The van der Waals surface area contributed by atoms with Gasteiger partial charge < -0.3 is 10.0 Å². The molecule has 0 aliphatic carbocycles. The summed E-state index contributed by atoms with van der Waals surface area (Å²) < 4.78 is 0.887. The Morgan fingerprint density at radius 2 is 2.28 bits per heavy atom. The number of nitriles is 1. The monoisotopic (exact) mass is 358 g/mol. The van der Waals surface area contributed by atoms with Gasteiger partial charge in [0.05, 0.1) is 17.6 Å². The van der Waals surface area contributed by atoms with Crippen LogP contribution in [0.25, 0.3) is 0 Å². The van der Waals surface area contributed by atoms with Crippen molar-refractivity contribution in [2.24, 2.45) is 5.92 Å². The second-order valence-electron chi connectivity index (χ2n) is 4.04. The van der Waals surface area contributed by atoms with Crippen molar-refractivity contribution in [3.63, 3.8) is 0 Å². The molecule has 1 aromatic rings. The van der Waals surface area contributed by atoms with E-state index in [2.05, 4.69) is 28.7 Å². The molecule has 0 saturated carbocycles. The number of halogens is 1. The summed E-state index contributed by atoms with van der Waals surface area (Å²) in [6.45, 7) is 4.50. The predicted molar refractivity (Wildman–Crippen MR) is 77.2 cm³/mol. The first kappa shape index (κ1) is 14.8. The maximum absolute atomic E-state index is 12.3. The van der Waals surface area contributed by atoms with Crippen molar-refractivity contribution in [1.82, 2.24) is 4.90 Å². The number of aromatic hydroxyl groups is 1. The van der Waals surface area contributed by atoms with E-state index in [1.165, 1.54) is 6.07 Å². The van der Waals surface area contributed by atoms with E-state index in [0.717, 1.165) is 3.57 Å². The Kier molecular flexibility index (Phi) is 5.41. The first-order valence-electron chi connectivity index (χ1n) is 5.67. The summed E-state index contributed by atoms with van der Waals surface area (Å²) in [4.78, 5) is 13.8. The number of benzene rings is 1. The highest BCUT2D eigenvalue weighted by atomic mass is 127. The molecule has 0 aromatic heterocycles. The Labute approximate surface area is 120 Å². The van der Waals surface area contributed by atoms with E-state index >= 15 is 0 Å². The normalized spacial score (nSPS) is 11.7. The van der Waals surface area contributed by atoms with Crippen LogP contribution >= 0.6 is 22.6 Å². The Hall–Kier alpha value is -1.29. The molecule has 0 radical (unpaired) electrons. The van der Waals surface area contributed by atoms with Crippen molar-refractivity contribution in [3.8, 4) is 11.8 Å².